The molecule has 0 radical (unpaired) electrons. The van der Waals surface area contributed by atoms with Crippen LogP contribution in [0.1, 0.15) is 30.2 Å². The van der Waals surface area contributed by atoms with E-state index in [2.05, 4.69) is 41.9 Å². The highest BCUT2D eigenvalue weighted by Crippen LogP contribution is 2.33. The summed E-state index contributed by atoms with van der Waals surface area (Å²) in [6.07, 6.45) is 2.13. The second kappa shape index (κ2) is 4.60. The van der Waals surface area contributed by atoms with Crippen molar-refractivity contribution in [3.05, 3.63) is 33.5 Å². The van der Waals surface area contributed by atoms with E-state index in [1.54, 1.807) is 0 Å². The Hall–Kier alpha value is -0.800. The maximum absolute atomic E-state index is 5.81. The number of rotatable bonds is 3. The van der Waals surface area contributed by atoms with Gasteiger partial charge in [0.2, 0.25) is 0 Å². The van der Waals surface area contributed by atoms with Crippen LogP contribution in [0.25, 0.3) is 11.0 Å². The lowest BCUT2D eigenvalue weighted by molar-refractivity contribution is 0.543. The van der Waals surface area contributed by atoms with Crippen LogP contribution >= 0.6 is 15.9 Å². The largest absolute Gasteiger partial charge is 0.458 e. The molecule has 0 atom stereocenters. The molecule has 0 aliphatic rings. The van der Waals surface area contributed by atoms with Gasteiger partial charge in [0.25, 0.3) is 0 Å². The molecule has 1 aromatic heterocycles. The molecule has 2 aromatic rings. The fraction of sp³-hybridized carbons (Fsp3) is 0.385. The fourth-order valence-electron chi connectivity index (χ4n) is 2.08. The summed E-state index contributed by atoms with van der Waals surface area (Å²) in [4.78, 5) is 0. The van der Waals surface area contributed by atoms with E-state index in [1.807, 2.05) is 0 Å². The summed E-state index contributed by atoms with van der Waals surface area (Å²) < 4.78 is 6.83. The number of halogens is 1. The Morgan fingerprint density at radius 2 is 2.12 bits per heavy atom. The third kappa shape index (κ3) is 1.89. The fourth-order valence-corrected chi connectivity index (χ4v) is 2.74. The summed E-state index contributed by atoms with van der Waals surface area (Å²) in [5.41, 5.74) is 9.15. The lowest BCUT2D eigenvalue weighted by atomic mass is 10.0. The Kier molecular flexibility index (Phi) is 3.36. The maximum atomic E-state index is 5.81. The number of fused-ring (bicyclic) bond motifs is 1. The Bertz CT molecular complexity index is 516. The van der Waals surface area contributed by atoms with Crippen molar-refractivity contribution in [3.63, 3.8) is 0 Å². The van der Waals surface area contributed by atoms with E-state index in [9.17, 15) is 0 Å². The lowest BCUT2D eigenvalue weighted by Crippen LogP contribution is -1.98. The van der Waals surface area contributed by atoms with Gasteiger partial charge in [0.05, 0.1) is 11.0 Å². The second-order valence-corrected chi connectivity index (χ2v) is 4.94. The summed E-state index contributed by atoms with van der Waals surface area (Å²) in [5.74, 6) is 0.920. The molecule has 1 aromatic carbocycles. The monoisotopic (exact) mass is 281 g/mol. The van der Waals surface area contributed by atoms with E-state index in [1.165, 1.54) is 16.5 Å². The molecule has 2 nitrogen and oxygen atoms in total. The molecular formula is C13H16BrNO. The molecule has 3 heteroatoms. The average Bonchev–Trinajstić information content (AvgIpc) is 2.58. The van der Waals surface area contributed by atoms with Crippen LogP contribution in [0.3, 0.4) is 0 Å². The Balaban J connectivity index is 2.73. The molecule has 0 aliphatic carbocycles. The maximum Gasteiger partial charge on any atom is 0.148 e. The van der Waals surface area contributed by atoms with Gasteiger partial charge in [-0.1, -0.05) is 13.3 Å². The number of hydrogen-bond donors (Lipinski definition) is 1. The molecular weight excluding hydrogens is 266 g/mol. The zero-order valence-corrected chi connectivity index (χ0v) is 11.2. The molecule has 0 fully saturated rings. The molecule has 2 N–H and O–H groups in total. The van der Waals surface area contributed by atoms with Crippen LogP contribution in [0.2, 0.25) is 0 Å². The van der Waals surface area contributed by atoms with Crippen LogP contribution < -0.4 is 5.73 Å². The van der Waals surface area contributed by atoms with Crippen LogP contribution in [0.15, 0.2) is 21.0 Å². The highest BCUT2D eigenvalue weighted by molar-refractivity contribution is 9.10. The second-order valence-electron chi connectivity index (χ2n) is 4.08. The van der Waals surface area contributed by atoms with Gasteiger partial charge in [0.15, 0.2) is 0 Å². The van der Waals surface area contributed by atoms with E-state index in [0.717, 1.165) is 28.7 Å². The van der Waals surface area contributed by atoms with Crippen molar-refractivity contribution < 1.29 is 4.42 Å². The number of aryl methyl sites for hydroxylation is 2. The molecule has 0 spiro atoms. The molecule has 0 unspecified atom stereocenters. The van der Waals surface area contributed by atoms with Gasteiger partial charge in [0, 0.05) is 10.9 Å². The van der Waals surface area contributed by atoms with Gasteiger partial charge in [-0.2, -0.15) is 0 Å². The van der Waals surface area contributed by atoms with E-state index in [-0.39, 0.29) is 0 Å². The summed E-state index contributed by atoms with van der Waals surface area (Å²) in [6.45, 7) is 4.73. The van der Waals surface area contributed by atoms with Crippen molar-refractivity contribution >= 4 is 26.9 Å². The van der Waals surface area contributed by atoms with Gasteiger partial charge in [0.1, 0.15) is 11.3 Å². The number of benzene rings is 1. The molecule has 1 heterocycles. The molecule has 0 saturated heterocycles. The Morgan fingerprint density at radius 3 is 2.75 bits per heavy atom. The molecule has 86 valence electrons. The van der Waals surface area contributed by atoms with Crippen molar-refractivity contribution in [1.29, 1.82) is 0 Å². The zero-order valence-electron chi connectivity index (χ0n) is 9.64. The summed E-state index contributed by atoms with van der Waals surface area (Å²) in [7, 11) is 0. The first-order chi connectivity index (χ1) is 7.67. The minimum Gasteiger partial charge on any atom is -0.458 e. The number of furan rings is 1. The van der Waals surface area contributed by atoms with E-state index in [0.29, 0.717) is 6.54 Å². The highest BCUT2D eigenvalue weighted by Gasteiger charge is 2.14. The molecule has 0 bridgehead atoms. The predicted molar refractivity (Wildman–Crippen MR) is 70.5 cm³/mol. The summed E-state index contributed by atoms with van der Waals surface area (Å²) in [6, 6.07) is 4.25. The minimum atomic E-state index is 0.468. The van der Waals surface area contributed by atoms with Crippen LogP contribution in [0.4, 0.5) is 0 Å². The number of nitrogens with two attached hydrogens (primary N) is 1. The normalized spacial score (nSPS) is 11.2. The topological polar surface area (TPSA) is 39.2 Å². The lowest BCUT2D eigenvalue weighted by Gasteiger charge is -1.99. The predicted octanol–water partition coefficient (Wildman–Crippen LogP) is 3.91. The standard InChI is InChI=1S/C13H16BrNO/c1-3-4-9-10-5-8(2)6-11(14)13(10)16-12(9)7-15/h5-6H,3-4,7,15H2,1-2H3. The van der Waals surface area contributed by atoms with E-state index in [4.69, 9.17) is 10.2 Å². The first-order valence-corrected chi connectivity index (χ1v) is 6.37. The van der Waals surface area contributed by atoms with Crippen molar-refractivity contribution in [2.24, 2.45) is 5.73 Å². The van der Waals surface area contributed by atoms with Gasteiger partial charge in [-0.25, -0.2) is 0 Å². The van der Waals surface area contributed by atoms with E-state index < -0.39 is 0 Å². The van der Waals surface area contributed by atoms with Crippen LogP contribution in [-0.2, 0) is 13.0 Å². The first-order valence-electron chi connectivity index (χ1n) is 5.57. The quantitative estimate of drug-likeness (QED) is 0.926. The molecule has 0 saturated carbocycles. The van der Waals surface area contributed by atoms with Gasteiger partial charge in [-0.15, -0.1) is 0 Å². The highest BCUT2D eigenvalue weighted by atomic mass is 79.9. The summed E-state index contributed by atoms with van der Waals surface area (Å²) >= 11 is 3.54. The Morgan fingerprint density at radius 1 is 1.38 bits per heavy atom. The van der Waals surface area contributed by atoms with Gasteiger partial charge >= 0.3 is 0 Å². The van der Waals surface area contributed by atoms with Gasteiger partial charge in [-0.3, -0.25) is 0 Å². The van der Waals surface area contributed by atoms with Crippen molar-refractivity contribution in [1.82, 2.24) is 0 Å². The third-order valence-corrected chi connectivity index (χ3v) is 3.35. The molecule has 0 aliphatic heterocycles. The van der Waals surface area contributed by atoms with Crippen molar-refractivity contribution in [3.8, 4) is 0 Å². The van der Waals surface area contributed by atoms with E-state index >= 15 is 0 Å². The SMILES string of the molecule is CCCc1c(CN)oc2c(Br)cc(C)cc12. The van der Waals surface area contributed by atoms with Crippen LogP contribution in [0.5, 0.6) is 0 Å². The molecule has 2 rings (SSSR count). The number of hydrogen-bond acceptors (Lipinski definition) is 2. The van der Waals surface area contributed by atoms with Gasteiger partial charge < -0.3 is 10.2 Å². The minimum absolute atomic E-state index is 0.468. The smallest absolute Gasteiger partial charge is 0.148 e. The van der Waals surface area contributed by atoms with Crippen molar-refractivity contribution in [2.45, 2.75) is 33.2 Å². The summed E-state index contributed by atoms with van der Waals surface area (Å²) in [5, 5.41) is 1.20. The van der Waals surface area contributed by atoms with Crippen LogP contribution in [0, 0.1) is 6.92 Å². The Labute approximate surface area is 104 Å². The average molecular weight is 282 g/mol. The van der Waals surface area contributed by atoms with Crippen molar-refractivity contribution in [2.75, 3.05) is 0 Å². The van der Waals surface area contributed by atoms with Crippen LogP contribution in [-0.4, -0.2) is 0 Å². The third-order valence-electron chi connectivity index (χ3n) is 2.76. The van der Waals surface area contributed by atoms with Gasteiger partial charge in [-0.05, 0) is 47.0 Å². The first kappa shape index (κ1) is 11.7. The zero-order chi connectivity index (χ0) is 11.7. The molecule has 0 amide bonds. The molecule has 16 heavy (non-hydrogen) atoms.